The molecule has 1 heterocycles. The summed E-state index contributed by atoms with van der Waals surface area (Å²) in [5.41, 5.74) is 2.91. The monoisotopic (exact) mass is 230 g/mol. The first-order chi connectivity index (χ1) is 8.22. The number of rotatable bonds is 3. The molecule has 1 N–H and O–H groups in total. The van der Waals surface area contributed by atoms with Gasteiger partial charge in [0.1, 0.15) is 5.82 Å². The summed E-state index contributed by atoms with van der Waals surface area (Å²) in [6, 6.07) is 10.4. The van der Waals surface area contributed by atoms with Gasteiger partial charge in [-0.05, 0) is 43.3 Å². The second-order valence-electron chi connectivity index (χ2n) is 3.98. The standard InChI is InChI=1S/C14H15FN2/c1-10-5-4-8-17-13(10)14(16-2)11-6-3-7-12(15)9-11/h3-9,14,16H,1-2H3. The second kappa shape index (κ2) is 5.06. The number of halogens is 1. The zero-order valence-corrected chi connectivity index (χ0v) is 9.94. The molecule has 3 heteroatoms. The summed E-state index contributed by atoms with van der Waals surface area (Å²) in [7, 11) is 1.85. The molecule has 1 aromatic heterocycles. The highest BCUT2D eigenvalue weighted by Crippen LogP contribution is 2.22. The average molecular weight is 230 g/mol. The maximum absolute atomic E-state index is 13.2. The fourth-order valence-corrected chi connectivity index (χ4v) is 1.95. The minimum atomic E-state index is -0.226. The van der Waals surface area contributed by atoms with E-state index >= 15 is 0 Å². The molecule has 0 spiro atoms. The Kier molecular flexibility index (Phi) is 3.49. The lowest BCUT2D eigenvalue weighted by Crippen LogP contribution is -2.20. The lowest BCUT2D eigenvalue weighted by Gasteiger charge is -2.18. The number of hydrogen-bond acceptors (Lipinski definition) is 2. The van der Waals surface area contributed by atoms with Crippen molar-refractivity contribution in [3.05, 3.63) is 65.2 Å². The first-order valence-electron chi connectivity index (χ1n) is 5.56. The minimum Gasteiger partial charge on any atom is -0.308 e. The van der Waals surface area contributed by atoms with Crippen LogP contribution in [0, 0.1) is 12.7 Å². The normalized spacial score (nSPS) is 12.4. The van der Waals surface area contributed by atoms with Crippen LogP contribution in [0.1, 0.15) is 22.9 Å². The number of benzene rings is 1. The Labute approximate surface area is 101 Å². The molecule has 2 rings (SSSR count). The summed E-state index contributed by atoms with van der Waals surface area (Å²) in [6.45, 7) is 2.01. The van der Waals surface area contributed by atoms with E-state index in [1.54, 1.807) is 12.3 Å². The average Bonchev–Trinajstić information content (AvgIpc) is 2.33. The van der Waals surface area contributed by atoms with Crippen molar-refractivity contribution in [2.24, 2.45) is 0 Å². The lowest BCUT2D eigenvalue weighted by molar-refractivity contribution is 0.613. The van der Waals surface area contributed by atoms with E-state index in [4.69, 9.17) is 0 Å². The first kappa shape index (κ1) is 11.7. The van der Waals surface area contributed by atoms with Crippen molar-refractivity contribution in [2.75, 3.05) is 7.05 Å². The van der Waals surface area contributed by atoms with E-state index in [1.165, 1.54) is 12.1 Å². The van der Waals surface area contributed by atoms with Gasteiger partial charge in [0.25, 0.3) is 0 Å². The fraction of sp³-hybridized carbons (Fsp3) is 0.214. The van der Waals surface area contributed by atoms with Crippen molar-refractivity contribution >= 4 is 0 Å². The van der Waals surface area contributed by atoms with E-state index < -0.39 is 0 Å². The van der Waals surface area contributed by atoms with Gasteiger partial charge < -0.3 is 5.32 Å². The molecule has 0 aliphatic carbocycles. The second-order valence-corrected chi connectivity index (χ2v) is 3.98. The third-order valence-corrected chi connectivity index (χ3v) is 2.79. The van der Waals surface area contributed by atoms with Gasteiger partial charge in [-0.15, -0.1) is 0 Å². The van der Waals surface area contributed by atoms with Crippen LogP contribution in [0.5, 0.6) is 0 Å². The van der Waals surface area contributed by atoms with Gasteiger partial charge >= 0.3 is 0 Å². The number of pyridine rings is 1. The summed E-state index contributed by atoms with van der Waals surface area (Å²) in [5, 5.41) is 3.17. The first-order valence-corrected chi connectivity index (χ1v) is 5.56. The van der Waals surface area contributed by atoms with Gasteiger partial charge in [-0.3, -0.25) is 4.98 Å². The Balaban J connectivity index is 2.44. The smallest absolute Gasteiger partial charge is 0.123 e. The van der Waals surface area contributed by atoms with Crippen LogP contribution in [0.4, 0.5) is 4.39 Å². The SMILES string of the molecule is CNC(c1cccc(F)c1)c1ncccc1C. The highest BCUT2D eigenvalue weighted by molar-refractivity contribution is 5.32. The van der Waals surface area contributed by atoms with Gasteiger partial charge in [-0.2, -0.15) is 0 Å². The van der Waals surface area contributed by atoms with Gasteiger partial charge in [0.2, 0.25) is 0 Å². The molecule has 2 nitrogen and oxygen atoms in total. The molecule has 1 atom stereocenters. The van der Waals surface area contributed by atoms with Crippen molar-refractivity contribution in [2.45, 2.75) is 13.0 Å². The maximum Gasteiger partial charge on any atom is 0.123 e. The lowest BCUT2D eigenvalue weighted by atomic mass is 10.00. The Hall–Kier alpha value is -1.74. The van der Waals surface area contributed by atoms with E-state index in [-0.39, 0.29) is 11.9 Å². The van der Waals surface area contributed by atoms with Crippen molar-refractivity contribution in [3.8, 4) is 0 Å². The van der Waals surface area contributed by atoms with Crippen LogP contribution in [0.2, 0.25) is 0 Å². The molecule has 0 amide bonds. The molecular formula is C14H15FN2. The summed E-state index contributed by atoms with van der Waals surface area (Å²) in [4.78, 5) is 4.37. The van der Waals surface area contributed by atoms with Crippen molar-refractivity contribution in [1.29, 1.82) is 0 Å². The molecule has 2 aromatic rings. The Morgan fingerprint density at radius 1 is 1.24 bits per heavy atom. The highest BCUT2D eigenvalue weighted by Gasteiger charge is 2.15. The third kappa shape index (κ3) is 2.50. The van der Waals surface area contributed by atoms with Crippen molar-refractivity contribution in [1.82, 2.24) is 10.3 Å². The topological polar surface area (TPSA) is 24.9 Å². The van der Waals surface area contributed by atoms with Gasteiger partial charge in [0.05, 0.1) is 11.7 Å². The highest BCUT2D eigenvalue weighted by atomic mass is 19.1. The van der Waals surface area contributed by atoms with Crippen LogP contribution in [0.15, 0.2) is 42.6 Å². The molecule has 0 saturated heterocycles. The number of hydrogen-bond donors (Lipinski definition) is 1. The van der Waals surface area contributed by atoms with Crippen LogP contribution in [-0.2, 0) is 0 Å². The number of nitrogens with one attached hydrogen (secondary N) is 1. The van der Waals surface area contributed by atoms with E-state index in [9.17, 15) is 4.39 Å². The Morgan fingerprint density at radius 3 is 2.71 bits per heavy atom. The van der Waals surface area contributed by atoms with Crippen LogP contribution in [0.25, 0.3) is 0 Å². The predicted octanol–water partition coefficient (Wildman–Crippen LogP) is 2.84. The quantitative estimate of drug-likeness (QED) is 0.877. The molecule has 1 aromatic carbocycles. The number of nitrogens with zero attached hydrogens (tertiary/aromatic N) is 1. The molecule has 0 bridgehead atoms. The van der Waals surface area contributed by atoms with Gasteiger partial charge in [0, 0.05) is 6.20 Å². The van der Waals surface area contributed by atoms with E-state index in [0.717, 1.165) is 16.8 Å². The third-order valence-electron chi connectivity index (χ3n) is 2.79. The largest absolute Gasteiger partial charge is 0.308 e. The molecule has 0 fully saturated rings. The van der Waals surface area contributed by atoms with Gasteiger partial charge in [-0.25, -0.2) is 4.39 Å². The molecule has 0 saturated carbocycles. The van der Waals surface area contributed by atoms with Gasteiger partial charge in [0.15, 0.2) is 0 Å². The Bertz CT molecular complexity index is 511. The van der Waals surface area contributed by atoms with Crippen LogP contribution < -0.4 is 5.32 Å². The zero-order chi connectivity index (χ0) is 12.3. The summed E-state index contributed by atoms with van der Waals surface area (Å²) in [5.74, 6) is -0.226. The molecule has 0 aliphatic heterocycles. The summed E-state index contributed by atoms with van der Waals surface area (Å²) >= 11 is 0. The van der Waals surface area contributed by atoms with Crippen LogP contribution in [-0.4, -0.2) is 12.0 Å². The van der Waals surface area contributed by atoms with Crippen LogP contribution >= 0.6 is 0 Å². The van der Waals surface area contributed by atoms with Crippen molar-refractivity contribution in [3.63, 3.8) is 0 Å². The predicted molar refractivity (Wildman–Crippen MR) is 66.3 cm³/mol. The number of aryl methyl sites for hydroxylation is 1. The number of aromatic nitrogens is 1. The van der Waals surface area contributed by atoms with E-state index in [2.05, 4.69) is 10.3 Å². The van der Waals surface area contributed by atoms with E-state index in [0.29, 0.717) is 0 Å². The maximum atomic E-state index is 13.2. The minimum absolute atomic E-state index is 0.0769. The molecule has 1 unspecified atom stereocenters. The van der Waals surface area contributed by atoms with E-state index in [1.807, 2.05) is 32.2 Å². The molecule has 17 heavy (non-hydrogen) atoms. The summed E-state index contributed by atoms with van der Waals surface area (Å²) < 4.78 is 13.2. The molecule has 88 valence electrons. The molecule has 0 aliphatic rings. The van der Waals surface area contributed by atoms with Crippen LogP contribution in [0.3, 0.4) is 0 Å². The van der Waals surface area contributed by atoms with Crippen molar-refractivity contribution < 1.29 is 4.39 Å². The van der Waals surface area contributed by atoms with Gasteiger partial charge in [-0.1, -0.05) is 18.2 Å². The molecular weight excluding hydrogens is 215 g/mol. The molecule has 0 radical (unpaired) electrons. The fourth-order valence-electron chi connectivity index (χ4n) is 1.95. The Morgan fingerprint density at radius 2 is 2.06 bits per heavy atom. The zero-order valence-electron chi connectivity index (χ0n) is 9.94. The summed E-state index contributed by atoms with van der Waals surface area (Å²) in [6.07, 6.45) is 1.76.